The van der Waals surface area contributed by atoms with E-state index in [1.54, 1.807) is 38.8 Å². The number of carbonyl (C=O) groups is 1. The molecule has 0 atom stereocenters. The van der Waals surface area contributed by atoms with Crippen LogP contribution in [0.3, 0.4) is 0 Å². The van der Waals surface area contributed by atoms with E-state index < -0.39 is 13.6 Å². The Bertz CT molecular complexity index is 615. The van der Waals surface area contributed by atoms with E-state index in [1.165, 1.54) is 12.3 Å². The lowest BCUT2D eigenvalue weighted by atomic mass is 10.2. The van der Waals surface area contributed by atoms with Crippen LogP contribution in [0.2, 0.25) is 0 Å². The van der Waals surface area contributed by atoms with Gasteiger partial charge in [0.1, 0.15) is 0 Å². The Morgan fingerprint density at radius 3 is 2.42 bits per heavy atom. The lowest BCUT2D eigenvalue weighted by Gasteiger charge is -2.20. The van der Waals surface area contributed by atoms with Crippen LogP contribution in [0.4, 0.5) is 0 Å². The van der Waals surface area contributed by atoms with Crippen LogP contribution < -0.4 is 0 Å². The van der Waals surface area contributed by atoms with Gasteiger partial charge in [-0.15, -0.1) is 0 Å². The van der Waals surface area contributed by atoms with Gasteiger partial charge in [0, 0.05) is 23.0 Å². The molecule has 0 radical (unpaired) electrons. The van der Waals surface area contributed by atoms with Crippen molar-refractivity contribution in [1.82, 2.24) is 0 Å². The van der Waals surface area contributed by atoms with Crippen molar-refractivity contribution in [2.45, 2.75) is 46.3 Å². The first-order chi connectivity index (χ1) is 12.5. The molecule has 0 fully saturated rings. The SMILES string of the molecule is CCCCSCc1cocc1C(=CC(=O)OCC)P(=O)(OCC)OCC. The van der Waals surface area contributed by atoms with E-state index in [1.807, 2.05) is 0 Å². The molecule has 0 unspecified atom stereocenters. The van der Waals surface area contributed by atoms with E-state index in [0.717, 1.165) is 24.2 Å². The van der Waals surface area contributed by atoms with Crippen molar-refractivity contribution in [1.29, 1.82) is 0 Å². The zero-order valence-corrected chi connectivity index (χ0v) is 17.7. The summed E-state index contributed by atoms with van der Waals surface area (Å²) in [5.41, 5.74) is 1.41. The van der Waals surface area contributed by atoms with Crippen molar-refractivity contribution in [3.8, 4) is 0 Å². The van der Waals surface area contributed by atoms with E-state index in [0.29, 0.717) is 11.3 Å². The zero-order chi connectivity index (χ0) is 19.4. The standard InChI is InChI=1S/C18H29O6PS/c1-5-9-10-26-14-15-12-21-13-16(15)17(11-18(19)22-6-2)25(20,23-7-3)24-8-4/h11-13H,5-10,14H2,1-4H3. The molecule has 0 aliphatic rings. The molecule has 0 aliphatic heterocycles. The van der Waals surface area contributed by atoms with E-state index in [9.17, 15) is 9.36 Å². The highest BCUT2D eigenvalue weighted by atomic mass is 32.2. The van der Waals surface area contributed by atoms with Crippen LogP contribution in [0.5, 0.6) is 0 Å². The normalized spacial score (nSPS) is 12.4. The highest BCUT2D eigenvalue weighted by Crippen LogP contribution is 2.61. The predicted octanol–water partition coefficient (Wildman–Crippen LogP) is 5.48. The van der Waals surface area contributed by atoms with Gasteiger partial charge in [-0.05, 0) is 32.9 Å². The van der Waals surface area contributed by atoms with Gasteiger partial charge in [0.15, 0.2) is 0 Å². The molecule has 0 aromatic carbocycles. The summed E-state index contributed by atoms with van der Waals surface area (Å²) in [6.45, 7) is 7.91. The Balaban J connectivity index is 3.23. The number of hydrogen-bond donors (Lipinski definition) is 0. The third-order valence-corrected chi connectivity index (χ3v) is 6.60. The van der Waals surface area contributed by atoms with E-state index >= 15 is 0 Å². The minimum Gasteiger partial charge on any atom is -0.472 e. The fourth-order valence-electron chi connectivity index (χ4n) is 2.20. The van der Waals surface area contributed by atoms with Crippen LogP contribution in [-0.4, -0.2) is 31.5 Å². The van der Waals surface area contributed by atoms with Gasteiger partial charge in [0.05, 0.1) is 37.7 Å². The van der Waals surface area contributed by atoms with Gasteiger partial charge >= 0.3 is 13.6 Å². The molecule has 1 aromatic heterocycles. The molecule has 148 valence electrons. The smallest absolute Gasteiger partial charge is 0.362 e. The molecule has 0 saturated carbocycles. The molecule has 6 nitrogen and oxygen atoms in total. The average molecular weight is 404 g/mol. The summed E-state index contributed by atoms with van der Waals surface area (Å²) in [6, 6.07) is 0. The second-order valence-corrected chi connectivity index (χ2v) is 8.43. The van der Waals surface area contributed by atoms with Crippen LogP contribution in [0.1, 0.15) is 51.7 Å². The maximum atomic E-state index is 13.3. The van der Waals surface area contributed by atoms with Gasteiger partial charge in [-0.3, -0.25) is 4.57 Å². The second kappa shape index (κ2) is 12.4. The number of thioether (sulfide) groups is 1. The molecular formula is C18H29O6PS. The Hall–Kier alpha value is -1.01. The molecule has 8 heteroatoms. The number of carbonyl (C=O) groups excluding carboxylic acids is 1. The fraction of sp³-hybridized carbons (Fsp3) is 0.611. The van der Waals surface area contributed by atoms with Gasteiger partial charge in [-0.1, -0.05) is 13.3 Å². The molecular weight excluding hydrogens is 375 g/mol. The summed E-state index contributed by atoms with van der Waals surface area (Å²) in [7, 11) is -3.68. The topological polar surface area (TPSA) is 75.0 Å². The Morgan fingerprint density at radius 2 is 1.85 bits per heavy atom. The first-order valence-corrected chi connectivity index (χ1v) is 11.6. The quantitative estimate of drug-likeness (QED) is 0.186. The number of rotatable bonds is 13. The van der Waals surface area contributed by atoms with Gasteiger partial charge in [0.2, 0.25) is 0 Å². The van der Waals surface area contributed by atoms with Crippen LogP contribution >= 0.6 is 19.4 Å². The van der Waals surface area contributed by atoms with Crippen LogP contribution in [0.25, 0.3) is 5.31 Å². The fourth-order valence-corrected chi connectivity index (χ4v) is 5.07. The molecule has 26 heavy (non-hydrogen) atoms. The summed E-state index contributed by atoms with van der Waals surface area (Å²) in [4.78, 5) is 12.0. The number of furan rings is 1. The maximum Gasteiger partial charge on any atom is 0.362 e. The lowest BCUT2D eigenvalue weighted by molar-refractivity contribution is -0.137. The molecule has 0 N–H and O–H groups in total. The number of hydrogen-bond acceptors (Lipinski definition) is 7. The van der Waals surface area contributed by atoms with Crippen LogP contribution in [0.15, 0.2) is 23.0 Å². The third kappa shape index (κ3) is 6.95. The number of unbranched alkanes of at least 4 members (excludes halogenated alkanes) is 1. The van der Waals surface area contributed by atoms with Crippen molar-refractivity contribution < 1.29 is 27.6 Å². The van der Waals surface area contributed by atoms with Gasteiger partial charge < -0.3 is 18.2 Å². The lowest BCUT2D eigenvalue weighted by Crippen LogP contribution is -2.05. The highest BCUT2D eigenvalue weighted by molar-refractivity contribution is 7.98. The van der Waals surface area contributed by atoms with Crippen molar-refractivity contribution in [2.24, 2.45) is 0 Å². The highest BCUT2D eigenvalue weighted by Gasteiger charge is 2.34. The van der Waals surface area contributed by atoms with Gasteiger partial charge in [-0.25, -0.2) is 4.79 Å². The molecule has 0 saturated heterocycles. The summed E-state index contributed by atoms with van der Waals surface area (Å²) in [5, 5.41) is 0.180. The molecule has 1 aromatic rings. The summed E-state index contributed by atoms with van der Waals surface area (Å²) in [6.07, 6.45) is 6.53. The van der Waals surface area contributed by atoms with Crippen LogP contribution in [0, 0.1) is 0 Å². The first kappa shape index (κ1) is 23.0. The largest absolute Gasteiger partial charge is 0.472 e. The molecule has 0 bridgehead atoms. The minimum atomic E-state index is -3.68. The van der Waals surface area contributed by atoms with Crippen molar-refractivity contribution in [3.05, 3.63) is 29.7 Å². The number of ether oxygens (including phenoxy) is 1. The third-order valence-electron chi connectivity index (χ3n) is 3.35. The summed E-state index contributed by atoms with van der Waals surface area (Å²) < 4.78 is 34.5. The van der Waals surface area contributed by atoms with E-state index in [4.69, 9.17) is 18.2 Å². The van der Waals surface area contributed by atoms with Crippen molar-refractivity contribution >= 4 is 30.6 Å². The Labute approximate surface area is 160 Å². The minimum absolute atomic E-state index is 0.180. The van der Waals surface area contributed by atoms with Crippen LogP contribution in [-0.2, 0) is 28.9 Å². The second-order valence-electron chi connectivity index (χ2n) is 5.33. The molecule has 0 aliphatic carbocycles. The van der Waals surface area contributed by atoms with E-state index in [2.05, 4.69) is 6.92 Å². The van der Waals surface area contributed by atoms with Gasteiger partial charge in [0.25, 0.3) is 0 Å². The average Bonchev–Trinajstić information content (AvgIpc) is 3.05. The van der Waals surface area contributed by atoms with Crippen molar-refractivity contribution in [3.63, 3.8) is 0 Å². The zero-order valence-electron chi connectivity index (χ0n) is 16.0. The molecule has 0 spiro atoms. The molecule has 0 amide bonds. The maximum absolute atomic E-state index is 13.3. The van der Waals surface area contributed by atoms with Crippen molar-refractivity contribution in [2.75, 3.05) is 25.6 Å². The Morgan fingerprint density at radius 1 is 1.15 bits per heavy atom. The number of esters is 1. The first-order valence-electron chi connectivity index (χ1n) is 8.93. The monoisotopic (exact) mass is 404 g/mol. The van der Waals surface area contributed by atoms with Gasteiger partial charge in [-0.2, -0.15) is 11.8 Å². The Kier molecular flexibility index (Phi) is 11.0. The van der Waals surface area contributed by atoms with E-state index in [-0.39, 0.29) is 25.1 Å². The summed E-state index contributed by atoms with van der Waals surface area (Å²) >= 11 is 1.76. The molecule has 1 heterocycles. The summed E-state index contributed by atoms with van der Waals surface area (Å²) in [5.74, 6) is 1.12. The molecule has 1 rings (SSSR count). The predicted molar refractivity (Wildman–Crippen MR) is 105 cm³/mol.